The monoisotopic (exact) mass is 820 g/mol. The highest BCUT2D eigenvalue weighted by Gasteiger charge is 2.42. The molecule has 2 fully saturated rings. The molecule has 2 saturated heterocycles. The Kier molecular flexibility index (Phi) is 11.3. The number of hydrogen-bond acceptors (Lipinski definition) is 10. The Labute approximate surface area is 349 Å². The van der Waals surface area contributed by atoms with Crippen molar-refractivity contribution in [3.63, 3.8) is 0 Å². The summed E-state index contributed by atoms with van der Waals surface area (Å²) in [5.74, 6) is 2.34. The fourth-order valence-corrected chi connectivity index (χ4v) is 9.22. The van der Waals surface area contributed by atoms with E-state index in [-0.39, 0.29) is 47.6 Å². The lowest BCUT2D eigenvalue weighted by atomic mass is 9.92. The van der Waals surface area contributed by atoms with E-state index in [0.717, 1.165) is 74.2 Å². The summed E-state index contributed by atoms with van der Waals surface area (Å²) in [5.41, 5.74) is 6.65. The van der Waals surface area contributed by atoms with E-state index in [1.54, 1.807) is 0 Å². The topological polar surface area (TPSA) is 187 Å². The predicted octanol–water partition coefficient (Wildman–Crippen LogP) is 6.40. The minimum atomic E-state index is -1.25. The Morgan fingerprint density at radius 3 is 2.22 bits per heavy atom. The van der Waals surface area contributed by atoms with Gasteiger partial charge in [0.1, 0.15) is 30.0 Å². The second-order valence-electron chi connectivity index (χ2n) is 17.5. The van der Waals surface area contributed by atoms with Gasteiger partial charge in [0, 0.05) is 31.1 Å². The molecular weight excluding hydrogens is 765 g/mol. The van der Waals surface area contributed by atoms with Gasteiger partial charge in [-0.3, -0.25) is 14.9 Å². The van der Waals surface area contributed by atoms with Crippen LogP contribution in [0.4, 0.5) is 4.79 Å². The molecule has 8 rings (SSSR count). The van der Waals surface area contributed by atoms with Crippen LogP contribution in [0.15, 0.2) is 48.7 Å². The number of imidazole rings is 2. The van der Waals surface area contributed by atoms with Crippen molar-refractivity contribution in [2.24, 2.45) is 23.7 Å². The number of alkyl carbamates (subject to hydrolysis) is 1. The molecule has 3 aromatic carbocycles. The molecule has 7 atom stereocenters. The zero-order valence-electron chi connectivity index (χ0n) is 35.5. The molecule has 3 aliphatic heterocycles. The first-order valence-electron chi connectivity index (χ1n) is 20.9. The summed E-state index contributed by atoms with van der Waals surface area (Å²) in [6.07, 6.45) is 1.47. The minimum absolute atomic E-state index is 0.0711. The number of aromatic nitrogens is 4. The molecule has 0 saturated carbocycles. The van der Waals surface area contributed by atoms with Crippen LogP contribution in [0.25, 0.3) is 44.2 Å². The SMILES string of the molecule is COC(=O)N[C@H](C(=O)N1C[C@@H](C)C[C@H]1c1ncc(-c2ccc3c(c2)COc2cc4c(ccc5nc([C@@H]6C[C@H](C)CN6C(=O)[C@@H](NC(O)OC)C(C)C)[nH]c54)cc2-3)[nH]1)C(C)C. The summed E-state index contributed by atoms with van der Waals surface area (Å²) in [5, 5.41) is 17.8. The number of aromatic amines is 2. The number of hydrogen-bond donors (Lipinski definition) is 5. The molecule has 5 N–H and O–H groups in total. The maximum atomic E-state index is 13.9. The highest BCUT2D eigenvalue weighted by Crippen LogP contribution is 2.44. The Morgan fingerprint density at radius 1 is 0.867 bits per heavy atom. The number of likely N-dealkylation sites (tertiary alicyclic amines) is 2. The lowest BCUT2D eigenvalue weighted by Crippen LogP contribution is -2.53. The van der Waals surface area contributed by atoms with Crippen molar-refractivity contribution in [2.75, 3.05) is 27.3 Å². The fourth-order valence-electron chi connectivity index (χ4n) is 9.22. The van der Waals surface area contributed by atoms with E-state index in [1.165, 1.54) is 14.2 Å². The largest absolute Gasteiger partial charge is 0.488 e. The van der Waals surface area contributed by atoms with Crippen LogP contribution < -0.4 is 15.4 Å². The molecular formula is C45H56N8O7. The molecule has 5 aromatic rings. The average molecular weight is 821 g/mol. The van der Waals surface area contributed by atoms with Gasteiger partial charge in [-0.2, -0.15) is 0 Å². The summed E-state index contributed by atoms with van der Waals surface area (Å²) in [6, 6.07) is 12.9. The van der Waals surface area contributed by atoms with E-state index >= 15 is 0 Å². The first-order valence-corrected chi connectivity index (χ1v) is 20.9. The van der Waals surface area contributed by atoms with Crippen molar-refractivity contribution in [3.8, 4) is 28.1 Å². The normalized spacial score (nSPS) is 21.6. The van der Waals surface area contributed by atoms with E-state index in [0.29, 0.717) is 25.5 Å². The Bertz CT molecular complexity index is 2420. The van der Waals surface area contributed by atoms with Gasteiger partial charge < -0.3 is 44.4 Å². The van der Waals surface area contributed by atoms with E-state index in [4.69, 9.17) is 24.2 Å². The van der Waals surface area contributed by atoms with Gasteiger partial charge >= 0.3 is 6.09 Å². The number of nitrogens with zero attached hydrogens (tertiary/aromatic N) is 4. The number of benzene rings is 3. The number of H-pyrrole nitrogens is 2. The van der Waals surface area contributed by atoms with Crippen molar-refractivity contribution < 1.29 is 33.7 Å². The third-order valence-electron chi connectivity index (χ3n) is 12.4. The number of rotatable bonds is 11. The molecule has 3 aliphatic rings. The van der Waals surface area contributed by atoms with Gasteiger partial charge in [-0.05, 0) is 82.9 Å². The maximum absolute atomic E-state index is 13.9. The van der Waals surface area contributed by atoms with Gasteiger partial charge in [-0.15, -0.1) is 0 Å². The molecule has 0 radical (unpaired) electrons. The lowest BCUT2D eigenvalue weighted by Gasteiger charge is -2.31. The van der Waals surface area contributed by atoms with Crippen LogP contribution >= 0.6 is 0 Å². The number of carbonyl (C=O) groups excluding carboxylic acids is 3. The highest BCUT2D eigenvalue weighted by atomic mass is 16.6. The molecule has 0 bridgehead atoms. The quantitative estimate of drug-likeness (QED) is 0.0934. The van der Waals surface area contributed by atoms with Gasteiger partial charge in [0.2, 0.25) is 18.2 Å². The molecule has 15 nitrogen and oxygen atoms in total. The smallest absolute Gasteiger partial charge is 0.407 e. The van der Waals surface area contributed by atoms with E-state index in [2.05, 4.69) is 70.8 Å². The maximum Gasteiger partial charge on any atom is 0.407 e. The second-order valence-corrected chi connectivity index (χ2v) is 17.5. The van der Waals surface area contributed by atoms with Gasteiger partial charge in [0.15, 0.2) is 0 Å². The molecule has 5 heterocycles. The number of carbonyl (C=O) groups is 3. The molecule has 0 spiro atoms. The number of methoxy groups -OCH3 is 2. The van der Waals surface area contributed by atoms with Gasteiger partial charge in [0.05, 0.1) is 48.2 Å². The van der Waals surface area contributed by atoms with Gasteiger partial charge in [-0.1, -0.05) is 59.7 Å². The summed E-state index contributed by atoms with van der Waals surface area (Å²) in [6.45, 7) is 13.5. The van der Waals surface area contributed by atoms with Gasteiger partial charge in [0.25, 0.3) is 0 Å². The van der Waals surface area contributed by atoms with Crippen LogP contribution in [0.3, 0.4) is 0 Å². The van der Waals surface area contributed by atoms with E-state index in [1.807, 2.05) is 49.8 Å². The highest BCUT2D eigenvalue weighted by molar-refractivity contribution is 6.07. The number of amides is 3. The van der Waals surface area contributed by atoms with E-state index < -0.39 is 24.6 Å². The summed E-state index contributed by atoms with van der Waals surface area (Å²) >= 11 is 0. The Balaban J connectivity index is 1.04. The third-order valence-corrected chi connectivity index (χ3v) is 12.4. The Morgan fingerprint density at radius 2 is 1.55 bits per heavy atom. The molecule has 3 amide bonds. The van der Waals surface area contributed by atoms with Crippen LogP contribution in [0.1, 0.15) is 83.7 Å². The average Bonchev–Trinajstić information content (AvgIpc) is 4.05. The zero-order valence-corrected chi connectivity index (χ0v) is 35.5. The minimum Gasteiger partial charge on any atom is -0.488 e. The molecule has 318 valence electrons. The number of aliphatic hydroxyl groups excluding tert-OH is 1. The number of fused-ring (bicyclic) bond motifs is 6. The summed E-state index contributed by atoms with van der Waals surface area (Å²) in [4.78, 5) is 60.4. The summed E-state index contributed by atoms with van der Waals surface area (Å²) in [7, 11) is 2.69. The molecule has 15 heteroatoms. The van der Waals surface area contributed by atoms with Gasteiger partial charge in [-0.25, -0.2) is 14.8 Å². The van der Waals surface area contributed by atoms with Crippen LogP contribution in [0.5, 0.6) is 5.75 Å². The molecule has 0 aliphatic carbocycles. The van der Waals surface area contributed by atoms with Crippen LogP contribution in [0.2, 0.25) is 0 Å². The van der Waals surface area contributed by atoms with Crippen LogP contribution in [0, 0.1) is 23.7 Å². The number of aliphatic hydroxyl groups is 1. The zero-order chi connectivity index (χ0) is 42.6. The number of nitrogens with one attached hydrogen (secondary N) is 4. The fraction of sp³-hybridized carbons (Fsp3) is 0.489. The van der Waals surface area contributed by atoms with Crippen LogP contribution in [-0.2, 0) is 25.7 Å². The third kappa shape index (κ3) is 7.69. The van der Waals surface area contributed by atoms with Crippen molar-refractivity contribution in [3.05, 3.63) is 65.9 Å². The first kappa shape index (κ1) is 41.2. The van der Waals surface area contributed by atoms with E-state index in [9.17, 15) is 19.5 Å². The van der Waals surface area contributed by atoms with Crippen LogP contribution in [-0.4, -0.2) is 98.6 Å². The van der Waals surface area contributed by atoms with Crippen molar-refractivity contribution >= 4 is 39.7 Å². The van der Waals surface area contributed by atoms with Crippen molar-refractivity contribution in [1.82, 2.24) is 40.4 Å². The number of ether oxygens (including phenoxy) is 3. The second kappa shape index (κ2) is 16.5. The molecule has 60 heavy (non-hydrogen) atoms. The predicted molar refractivity (Wildman–Crippen MR) is 226 cm³/mol. The first-order chi connectivity index (χ1) is 28.7. The van der Waals surface area contributed by atoms with Crippen molar-refractivity contribution in [1.29, 1.82) is 0 Å². The molecule has 2 aromatic heterocycles. The Hall–Kier alpha value is -5.51. The lowest BCUT2D eigenvalue weighted by molar-refractivity contribution is -0.145. The summed E-state index contributed by atoms with van der Waals surface area (Å²) < 4.78 is 16.2. The standard InChI is InChI=1S/C45H56N8O7/c1-22(2)37(50-44(56)58-7)42(54)52-19-24(5)13-34(52)40-46-18-33(48-40)27-9-11-29-28(15-27)21-60-36-17-30-26(16-31(29)36)10-12-32-39(30)49-41(47-32)35-14-25(6)20-53(35)43(55)38(23(3)4)51-45(57)59-8/h9-12,15-18,22-25,34-35,37-38,45,51,57H,13-14,19-21H2,1-8H3,(H,46,48)(H,47,49)(H,50,56)/t24-,25-,34-,35-,37-,38-,45?/m0/s1. The van der Waals surface area contributed by atoms with Crippen molar-refractivity contribution in [2.45, 2.75) is 91.6 Å². The molecule has 1 unspecified atom stereocenters.